The van der Waals surface area contributed by atoms with Crippen LogP contribution in [0.1, 0.15) is 12.5 Å². The summed E-state index contributed by atoms with van der Waals surface area (Å²) in [5.41, 5.74) is 0.678. The Morgan fingerprint density at radius 1 is 1.37 bits per heavy atom. The first kappa shape index (κ1) is 15.1. The zero-order chi connectivity index (χ0) is 14.4. The Kier molecular flexibility index (Phi) is 5.44. The van der Waals surface area contributed by atoms with Crippen LogP contribution in [0.3, 0.4) is 0 Å². The van der Waals surface area contributed by atoms with Crippen molar-refractivity contribution in [1.82, 2.24) is 5.32 Å². The highest BCUT2D eigenvalue weighted by atomic mass is 19.1. The molecule has 0 spiro atoms. The second-order valence-corrected chi connectivity index (χ2v) is 4.42. The van der Waals surface area contributed by atoms with E-state index in [1.54, 1.807) is 13.8 Å². The number of benzene rings is 1. The largest absolute Gasteiger partial charge is 0.396 e. The predicted molar refractivity (Wildman–Crippen MR) is 69.0 cm³/mol. The molecule has 1 unspecified atom stereocenters. The fourth-order valence-corrected chi connectivity index (χ4v) is 1.27. The quantitative estimate of drug-likeness (QED) is 0.707. The molecule has 3 N–H and O–H groups in total. The Balaban J connectivity index is 2.54. The topological polar surface area (TPSA) is 78.4 Å². The second kappa shape index (κ2) is 6.84. The van der Waals surface area contributed by atoms with Crippen LogP contribution >= 0.6 is 0 Å². The van der Waals surface area contributed by atoms with Crippen molar-refractivity contribution < 1.29 is 19.1 Å². The fraction of sp³-hybridized carbons (Fsp3) is 0.385. The van der Waals surface area contributed by atoms with Crippen LogP contribution in [0.4, 0.5) is 10.1 Å². The molecule has 1 aromatic rings. The number of halogens is 1. The van der Waals surface area contributed by atoms with Gasteiger partial charge in [-0.2, -0.15) is 0 Å². The highest BCUT2D eigenvalue weighted by Crippen LogP contribution is 2.13. The van der Waals surface area contributed by atoms with Gasteiger partial charge in [0, 0.05) is 18.8 Å². The third-order valence-corrected chi connectivity index (χ3v) is 2.56. The molecular weight excluding hydrogens is 251 g/mol. The third kappa shape index (κ3) is 4.67. The van der Waals surface area contributed by atoms with E-state index in [1.807, 2.05) is 0 Å². The number of hydrogen-bond donors (Lipinski definition) is 3. The molecule has 0 aliphatic heterocycles. The molecule has 0 fully saturated rings. The average Bonchev–Trinajstić information content (AvgIpc) is 2.39. The van der Waals surface area contributed by atoms with Crippen LogP contribution in [-0.4, -0.2) is 30.1 Å². The third-order valence-electron chi connectivity index (χ3n) is 2.56. The number of carbonyl (C=O) groups is 2. The Hall–Kier alpha value is -1.95. The molecule has 0 saturated carbocycles. The highest BCUT2D eigenvalue weighted by molar-refractivity contribution is 6.39. The van der Waals surface area contributed by atoms with E-state index in [9.17, 15) is 14.0 Å². The first-order valence-electron chi connectivity index (χ1n) is 5.90. The Bertz CT molecular complexity index is 477. The summed E-state index contributed by atoms with van der Waals surface area (Å²) in [7, 11) is 0. The zero-order valence-corrected chi connectivity index (χ0v) is 10.9. The number of carbonyl (C=O) groups excluding carboxylic acids is 2. The summed E-state index contributed by atoms with van der Waals surface area (Å²) in [6, 6.07) is 4.17. The van der Waals surface area contributed by atoms with E-state index in [0.717, 1.165) is 6.07 Å². The normalized spacial score (nSPS) is 11.8. The molecule has 0 aliphatic carbocycles. The number of hydrogen-bond acceptors (Lipinski definition) is 3. The predicted octanol–water partition coefficient (Wildman–Crippen LogP) is 0.817. The molecule has 0 aromatic heterocycles. The van der Waals surface area contributed by atoms with Crippen LogP contribution < -0.4 is 10.6 Å². The lowest BCUT2D eigenvalue weighted by Gasteiger charge is -2.10. The van der Waals surface area contributed by atoms with Crippen molar-refractivity contribution >= 4 is 17.5 Å². The van der Waals surface area contributed by atoms with E-state index in [-0.39, 0.29) is 24.8 Å². The molecule has 19 heavy (non-hydrogen) atoms. The highest BCUT2D eigenvalue weighted by Gasteiger charge is 2.14. The summed E-state index contributed by atoms with van der Waals surface area (Å²) in [5.74, 6) is -2.27. The molecule has 0 heterocycles. The first-order chi connectivity index (χ1) is 8.93. The van der Waals surface area contributed by atoms with E-state index in [1.165, 1.54) is 12.1 Å². The molecule has 0 radical (unpaired) electrons. The average molecular weight is 268 g/mol. The number of rotatable bonds is 4. The monoisotopic (exact) mass is 268 g/mol. The molecule has 6 heteroatoms. The fourth-order valence-electron chi connectivity index (χ4n) is 1.27. The van der Waals surface area contributed by atoms with Crippen LogP contribution in [-0.2, 0) is 9.59 Å². The standard InChI is InChI=1S/C13H17FN2O3/c1-8(7-17)6-15-12(18)13(19)16-10-4-3-9(2)11(14)5-10/h3-5,8,17H,6-7H2,1-2H3,(H,15,18)(H,16,19). The minimum atomic E-state index is -0.867. The SMILES string of the molecule is Cc1ccc(NC(=O)C(=O)NCC(C)CO)cc1F. The number of aliphatic hydroxyl groups excluding tert-OH is 1. The van der Waals surface area contributed by atoms with Gasteiger partial charge in [0.25, 0.3) is 0 Å². The molecule has 1 rings (SSSR count). The van der Waals surface area contributed by atoms with Gasteiger partial charge in [0.15, 0.2) is 0 Å². The first-order valence-corrected chi connectivity index (χ1v) is 5.90. The van der Waals surface area contributed by atoms with Gasteiger partial charge in [-0.05, 0) is 30.5 Å². The van der Waals surface area contributed by atoms with E-state index >= 15 is 0 Å². The van der Waals surface area contributed by atoms with Crippen LogP contribution in [0.5, 0.6) is 0 Å². The van der Waals surface area contributed by atoms with Gasteiger partial charge < -0.3 is 15.7 Å². The van der Waals surface area contributed by atoms with Crippen molar-refractivity contribution in [1.29, 1.82) is 0 Å². The second-order valence-electron chi connectivity index (χ2n) is 4.42. The van der Waals surface area contributed by atoms with Gasteiger partial charge in [0.05, 0.1) is 0 Å². The summed E-state index contributed by atoms with van der Waals surface area (Å²) < 4.78 is 13.3. The van der Waals surface area contributed by atoms with Crippen molar-refractivity contribution in [2.45, 2.75) is 13.8 Å². The molecule has 0 saturated heterocycles. The molecule has 0 bridgehead atoms. The summed E-state index contributed by atoms with van der Waals surface area (Å²) in [6.07, 6.45) is 0. The van der Waals surface area contributed by atoms with Gasteiger partial charge in [0.1, 0.15) is 5.82 Å². The smallest absolute Gasteiger partial charge is 0.313 e. The van der Waals surface area contributed by atoms with E-state index in [2.05, 4.69) is 10.6 Å². The molecule has 104 valence electrons. The molecule has 0 aliphatic rings. The number of anilines is 1. The van der Waals surface area contributed by atoms with Gasteiger partial charge in [-0.3, -0.25) is 9.59 Å². The molecule has 1 atom stereocenters. The van der Waals surface area contributed by atoms with Crippen LogP contribution in [0.25, 0.3) is 0 Å². The van der Waals surface area contributed by atoms with E-state index < -0.39 is 17.6 Å². The van der Waals surface area contributed by atoms with Gasteiger partial charge in [-0.15, -0.1) is 0 Å². The van der Waals surface area contributed by atoms with Crippen molar-refractivity contribution in [2.75, 3.05) is 18.5 Å². The van der Waals surface area contributed by atoms with Crippen molar-refractivity contribution in [3.8, 4) is 0 Å². The maximum atomic E-state index is 13.3. The van der Waals surface area contributed by atoms with E-state index in [0.29, 0.717) is 5.56 Å². The lowest BCUT2D eigenvalue weighted by molar-refractivity contribution is -0.136. The molecule has 2 amide bonds. The maximum Gasteiger partial charge on any atom is 0.313 e. The van der Waals surface area contributed by atoms with Crippen LogP contribution in [0.15, 0.2) is 18.2 Å². The number of amides is 2. The summed E-state index contributed by atoms with van der Waals surface area (Å²) >= 11 is 0. The summed E-state index contributed by atoms with van der Waals surface area (Å²) in [4.78, 5) is 22.9. The lowest BCUT2D eigenvalue weighted by Crippen LogP contribution is -2.38. The molecular formula is C13H17FN2O3. The van der Waals surface area contributed by atoms with Crippen molar-refractivity contribution in [3.63, 3.8) is 0 Å². The summed E-state index contributed by atoms with van der Waals surface area (Å²) in [5, 5.41) is 13.5. The van der Waals surface area contributed by atoms with Crippen LogP contribution in [0.2, 0.25) is 0 Å². The minimum absolute atomic E-state index is 0.0783. The zero-order valence-electron chi connectivity index (χ0n) is 10.9. The maximum absolute atomic E-state index is 13.3. The number of aryl methyl sites for hydroxylation is 1. The minimum Gasteiger partial charge on any atom is -0.396 e. The van der Waals surface area contributed by atoms with Crippen molar-refractivity contribution in [3.05, 3.63) is 29.6 Å². The lowest BCUT2D eigenvalue weighted by atomic mass is 10.2. The Labute approximate surface area is 110 Å². The number of aliphatic hydroxyl groups is 1. The van der Waals surface area contributed by atoms with Gasteiger partial charge in [-0.25, -0.2) is 4.39 Å². The van der Waals surface area contributed by atoms with Crippen LogP contribution in [0, 0.1) is 18.7 Å². The Morgan fingerprint density at radius 2 is 2.05 bits per heavy atom. The van der Waals surface area contributed by atoms with E-state index in [4.69, 9.17) is 5.11 Å². The summed E-state index contributed by atoms with van der Waals surface area (Å²) in [6.45, 7) is 3.45. The molecule has 1 aromatic carbocycles. The Morgan fingerprint density at radius 3 is 2.63 bits per heavy atom. The van der Waals surface area contributed by atoms with Gasteiger partial charge in [-0.1, -0.05) is 13.0 Å². The number of nitrogens with one attached hydrogen (secondary N) is 2. The van der Waals surface area contributed by atoms with Gasteiger partial charge >= 0.3 is 11.8 Å². The van der Waals surface area contributed by atoms with Gasteiger partial charge in [0.2, 0.25) is 0 Å². The molecule has 5 nitrogen and oxygen atoms in total. The van der Waals surface area contributed by atoms with Crippen molar-refractivity contribution in [2.24, 2.45) is 5.92 Å².